The number of nitrogens with zero attached hydrogens (tertiary/aromatic N) is 3. The molecular formula is C20H30N4O3S. The molecule has 2 N–H and O–H groups in total. The summed E-state index contributed by atoms with van der Waals surface area (Å²) < 4.78 is 5.69. The van der Waals surface area contributed by atoms with Crippen molar-refractivity contribution in [2.24, 2.45) is 5.73 Å². The Morgan fingerprint density at radius 3 is 2.43 bits per heavy atom. The van der Waals surface area contributed by atoms with Crippen LogP contribution in [0.25, 0.3) is 0 Å². The minimum absolute atomic E-state index is 0.220. The molecule has 1 aromatic heterocycles. The number of nitrogens with two attached hydrogens (primary N) is 1. The molecule has 154 valence electrons. The molecule has 8 heteroatoms. The van der Waals surface area contributed by atoms with Crippen LogP contribution in [0.2, 0.25) is 0 Å². The minimum atomic E-state index is -0.278. The van der Waals surface area contributed by atoms with E-state index in [2.05, 4.69) is 9.88 Å². The Kier molecular flexibility index (Phi) is 6.16. The SMILES string of the molecule is NC(=O)CN1CCC(c2nc(OC(=O)N(C3CCCCC3)C3CC3)cs2)CC1. The molecule has 2 aliphatic carbocycles. The van der Waals surface area contributed by atoms with Gasteiger partial charge in [0.05, 0.1) is 16.9 Å². The lowest BCUT2D eigenvalue weighted by molar-refractivity contribution is -0.119. The van der Waals surface area contributed by atoms with E-state index >= 15 is 0 Å². The second kappa shape index (κ2) is 8.78. The summed E-state index contributed by atoms with van der Waals surface area (Å²) in [4.78, 5) is 32.6. The second-order valence-corrected chi connectivity index (χ2v) is 9.23. The van der Waals surface area contributed by atoms with Crippen LogP contribution in [-0.4, -0.2) is 58.5 Å². The van der Waals surface area contributed by atoms with Crippen molar-refractivity contribution in [3.05, 3.63) is 10.4 Å². The van der Waals surface area contributed by atoms with Crippen molar-refractivity contribution in [1.29, 1.82) is 0 Å². The number of hydrogen-bond donors (Lipinski definition) is 1. The monoisotopic (exact) mass is 406 g/mol. The number of thiazole rings is 1. The Morgan fingerprint density at radius 2 is 1.79 bits per heavy atom. The molecule has 1 aromatic rings. The highest BCUT2D eigenvalue weighted by Gasteiger charge is 2.39. The van der Waals surface area contributed by atoms with Gasteiger partial charge in [0.15, 0.2) is 0 Å². The molecule has 28 heavy (non-hydrogen) atoms. The first-order valence-corrected chi connectivity index (χ1v) is 11.4. The summed E-state index contributed by atoms with van der Waals surface area (Å²) >= 11 is 1.57. The van der Waals surface area contributed by atoms with E-state index < -0.39 is 0 Å². The van der Waals surface area contributed by atoms with Gasteiger partial charge in [0.1, 0.15) is 0 Å². The smallest absolute Gasteiger partial charge is 0.390 e. The number of hydrogen-bond acceptors (Lipinski definition) is 6. The van der Waals surface area contributed by atoms with Crippen molar-refractivity contribution < 1.29 is 14.3 Å². The molecule has 3 fully saturated rings. The van der Waals surface area contributed by atoms with Gasteiger partial charge in [-0.2, -0.15) is 0 Å². The minimum Gasteiger partial charge on any atom is -0.390 e. The van der Waals surface area contributed by atoms with Gasteiger partial charge in [-0.15, -0.1) is 11.3 Å². The van der Waals surface area contributed by atoms with Gasteiger partial charge >= 0.3 is 6.09 Å². The third-order valence-electron chi connectivity index (χ3n) is 6.13. The Balaban J connectivity index is 1.33. The maximum Gasteiger partial charge on any atom is 0.417 e. The van der Waals surface area contributed by atoms with Gasteiger partial charge in [-0.05, 0) is 51.6 Å². The van der Waals surface area contributed by atoms with E-state index in [-0.39, 0.29) is 12.0 Å². The van der Waals surface area contributed by atoms with Crippen LogP contribution >= 0.6 is 11.3 Å². The molecule has 1 saturated heterocycles. The number of rotatable bonds is 6. The fourth-order valence-corrected chi connectivity index (χ4v) is 5.41. The highest BCUT2D eigenvalue weighted by Crippen LogP contribution is 2.35. The summed E-state index contributed by atoms with van der Waals surface area (Å²) in [5.41, 5.74) is 5.28. The number of piperidine rings is 1. The van der Waals surface area contributed by atoms with Gasteiger partial charge in [0.25, 0.3) is 0 Å². The van der Waals surface area contributed by atoms with E-state index in [1.54, 1.807) is 11.3 Å². The van der Waals surface area contributed by atoms with Crippen LogP contribution in [0.15, 0.2) is 5.38 Å². The standard InChI is InChI=1S/C20H30N4O3S/c21-17(25)12-23-10-8-14(9-11-23)19-22-18(13-28-19)27-20(26)24(16-6-7-16)15-4-2-1-3-5-15/h13-16H,1-12H2,(H2,21,25). The summed E-state index contributed by atoms with van der Waals surface area (Å²) in [6.45, 7) is 2.02. The van der Waals surface area contributed by atoms with Crippen molar-refractivity contribution in [2.45, 2.75) is 75.8 Å². The number of amides is 2. The third-order valence-corrected chi connectivity index (χ3v) is 7.11. The topological polar surface area (TPSA) is 88.8 Å². The van der Waals surface area contributed by atoms with Gasteiger partial charge in [-0.25, -0.2) is 9.78 Å². The molecule has 4 rings (SSSR count). The second-order valence-electron chi connectivity index (χ2n) is 8.34. The van der Waals surface area contributed by atoms with Gasteiger partial charge in [-0.3, -0.25) is 9.69 Å². The average Bonchev–Trinajstić information content (AvgIpc) is 3.40. The first-order valence-electron chi connectivity index (χ1n) is 10.6. The molecule has 0 aromatic carbocycles. The third kappa shape index (κ3) is 4.84. The van der Waals surface area contributed by atoms with Crippen molar-refractivity contribution in [3.63, 3.8) is 0 Å². The average molecular weight is 407 g/mol. The number of carbonyl (C=O) groups excluding carboxylic acids is 2. The van der Waals surface area contributed by atoms with Crippen LogP contribution < -0.4 is 10.5 Å². The largest absolute Gasteiger partial charge is 0.417 e. The van der Waals surface area contributed by atoms with Gasteiger partial charge < -0.3 is 15.4 Å². The molecule has 0 spiro atoms. The number of aromatic nitrogens is 1. The lowest BCUT2D eigenvalue weighted by atomic mass is 9.94. The van der Waals surface area contributed by atoms with E-state index in [9.17, 15) is 9.59 Å². The predicted octanol–water partition coefficient (Wildman–Crippen LogP) is 3.10. The first-order chi connectivity index (χ1) is 13.6. The molecule has 7 nitrogen and oxygen atoms in total. The van der Waals surface area contributed by atoms with Crippen LogP contribution in [0.3, 0.4) is 0 Å². The zero-order chi connectivity index (χ0) is 19.5. The summed E-state index contributed by atoms with van der Waals surface area (Å²) in [7, 11) is 0. The summed E-state index contributed by atoms with van der Waals surface area (Å²) in [5.74, 6) is 0.519. The van der Waals surface area contributed by atoms with Crippen molar-refractivity contribution in [3.8, 4) is 5.88 Å². The van der Waals surface area contributed by atoms with Gasteiger partial charge in [0, 0.05) is 18.0 Å². The van der Waals surface area contributed by atoms with Crippen LogP contribution in [0, 0.1) is 0 Å². The molecule has 1 aliphatic heterocycles. The highest BCUT2D eigenvalue weighted by atomic mass is 32.1. The maximum absolute atomic E-state index is 12.8. The Bertz CT molecular complexity index is 691. The fraction of sp³-hybridized carbons (Fsp3) is 0.750. The molecule has 0 bridgehead atoms. The molecule has 0 atom stereocenters. The van der Waals surface area contributed by atoms with Gasteiger partial charge in [-0.1, -0.05) is 19.3 Å². The molecule has 2 amide bonds. The molecular weight excluding hydrogens is 376 g/mol. The number of primary amides is 1. The highest BCUT2D eigenvalue weighted by molar-refractivity contribution is 7.09. The predicted molar refractivity (Wildman–Crippen MR) is 107 cm³/mol. The van der Waals surface area contributed by atoms with E-state index in [0.29, 0.717) is 30.4 Å². The summed E-state index contributed by atoms with van der Waals surface area (Å²) in [6, 6.07) is 0.699. The molecule has 0 radical (unpaired) electrons. The quantitative estimate of drug-likeness (QED) is 0.784. The lowest BCUT2D eigenvalue weighted by Crippen LogP contribution is -2.44. The van der Waals surface area contributed by atoms with E-state index in [1.807, 2.05) is 10.3 Å². The maximum atomic E-state index is 12.8. The Hall–Kier alpha value is -1.67. The van der Waals surface area contributed by atoms with Crippen LogP contribution in [0.4, 0.5) is 4.79 Å². The zero-order valence-electron chi connectivity index (χ0n) is 16.3. The fourth-order valence-electron chi connectivity index (χ4n) is 4.52. The van der Waals surface area contributed by atoms with Crippen molar-refractivity contribution in [1.82, 2.24) is 14.8 Å². The van der Waals surface area contributed by atoms with Gasteiger partial charge in [0.2, 0.25) is 11.8 Å². The Labute approximate surface area is 170 Å². The molecule has 2 heterocycles. The number of likely N-dealkylation sites (tertiary alicyclic amines) is 1. The molecule has 0 unspecified atom stereocenters. The van der Waals surface area contributed by atoms with E-state index in [0.717, 1.165) is 56.6 Å². The number of ether oxygens (including phenoxy) is 1. The van der Waals surface area contributed by atoms with Crippen molar-refractivity contribution in [2.75, 3.05) is 19.6 Å². The summed E-state index contributed by atoms with van der Waals surface area (Å²) in [6.07, 6.45) is 9.74. The van der Waals surface area contributed by atoms with Crippen LogP contribution in [0.1, 0.15) is 68.7 Å². The molecule has 3 aliphatic rings. The van der Waals surface area contributed by atoms with Crippen LogP contribution in [0.5, 0.6) is 5.88 Å². The first kappa shape index (κ1) is 19.6. The van der Waals surface area contributed by atoms with E-state index in [1.165, 1.54) is 19.3 Å². The summed E-state index contributed by atoms with van der Waals surface area (Å²) in [5, 5.41) is 2.88. The Morgan fingerprint density at radius 1 is 1.11 bits per heavy atom. The lowest BCUT2D eigenvalue weighted by Gasteiger charge is -2.33. The van der Waals surface area contributed by atoms with Crippen LogP contribution in [-0.2, 0) is 4.79 Å². The number of carbonyl (C=O) groups is 2. The normalized spacial score (nSPS) is 22.1. The van der Waals surface area contributed by atoms with Crippen molar-refractivity contribution >= 4 is 23.3 Å². The zero-order valence-corrected chi connectivity index (χ0v) is 17.2. The van der Waals surface area contributed by atoms with E-state index in [4.69, 9.17) is 10.5 Å². The molecule has 2 saturated carbocycles.